The molecule has 1 aromatic carbocycles. The Labute approximate surface area is 157 Å². The predicted octanol–water partition coefficient (Wildman–Crippen LogP) is 3.43. The van der Waals surface area contributed by atoms with E-state index in [-0.39, 0.29) is 11.9 Å². The van der Waals surface area contributed by atoms with Crippen LogP contribution in [0.3, 0.4) is 0 Å². The van der Waals surface area contributed by atoms with Gasteiger partial charge in [0.15, 0.2) is 5.76 Å². The minimum Gasteiger partial charge on any atom is -0.451 e. The summed E-state index contributed by atoms with van der Waals surface area (Å²) in [5, 5.41) is 3.17. The molecule has 3 aromatic rings. The second kappa shape index (κ2) is 6.70. The third-order valence-electron chi connectivity index (χ3n) is 5.63. The number of hydrogen-bond donors (Lipinski definition) is 1. The van der Waals surface area contributed by atoms with E-state index in [2.05, 4.69) is 15.2 Å². The highest BCUT2D eigenvalue weighted by Gasteiger charge is 2.35. The topological polar surface area (TPSA) is 71.5 Å². The number of fused-ring (bicyclic) bond motifs is 3. The van der Waals surface area contributed by atoms with Crippen LogP contribution in [0.2, 0.25) is 0 Å². The number of carbonyl (C=O) groups is 1. The van der Waals surface area contributed by atoms with Gasteiger partial charge < -0.3 is 19.1 Å². The molecule has 0 aliphatic carbocycles. The molecule has 0 radical (unpaired) electrons. The highest BCUT2D eigenvalue weighted by molar-refractivity contribution is 5.92. The molecular formula is C21H21N3O3. The van der Waals surface area contributed by atoms with E-state index in [1.54, 1.807) is 18.5 Å². The quantitative estimate of drug-likeness (QED) is 0.769. The van der Waals surface area contributed by atoms with Crippen LogP contribution in [0.4, 0.5) is 0 Å². The number of furan rings is 1. The SMILES string of the molecule is O=C(N[C@H]1CN2CCC1CC2)c1ccc(-c2cccc(-c3ncco3)c2)o1. The summed E-state index contributed by atoms with van der Waals surface area (Å²) in [5.74, 6) is 2.02. The van der Waals surface area contributed by atoms with E-state index < -0.39 is 0 Å². The Morgan fingerprint density at radius 1 is 1.15 bits per heavy atom. The number of piperidine rings is 3. The minimum atomic E-state index is -0.135. The Bertz CT molecular complexity index is 939. The van der Waals surface area contributed by atoms with E-state index in [1.165, 1.54) is 12.8 Å². The van der Waals surface area contributed by atoms with E-state index in [0.717, 1.165) is 30.8 Å². The highest BCUT2D eigenvalue weighted by atomic mass is 16.4. The van der Waals surface area contributed by atoms with Crippen LogP contribution in [-0.2, 0) is 0 Å². The first-order valence-electron chi connectivity index (χ1n) is 9.39. The van der Waals surface area contributed by atoms with Crippen LogP contribution in [0.15, 0.2) is 57.7 Å². The predicted molar refractivity (Wildman–Crippen MR) is 100 cm³/mol. The zero-order chi connectivity index (χ0) is 18.2. The summed E-state index contributed by atoms with van der Waals surface area (Å²) in [6, 6.07) is 11.5. The normalized spacial score (nSPS) is 24.1. The van der Waals surface area contributed by atoms with Gasteiger partial charge in [-0.25, -0.2) is 4.98 Å². The van der Waals surface area contributed by atoms with E-state index in [1.807, 2.05) is 30.3 Å². The number of aromatic nitrogens is 1. The molecule has 0 unspecified atom stereocenters. The van der Waals surface area contributed by atoms with Crippen molar-refractivity contribution < 1.29 is 13.6 Å². The molecule has 1 atom stereocenters. The van der Waals surface area contributed by atoms with Crippen LogP contribution in [0.25, 0.3) is 22.8 Å². The van der Waals surface area contributed by atoms with Gasteiger partial charge in [-0.1, -0.05) is 12.1 Å². The number of nitrogens with one attached hydrogen (secondary N) is 1. The van der Waals surface area contributed by atoms with Crippen LogP contribution in [0.5, 0.6) is 0 Å². The smallest absolute Gasteiger partial charge is 0.287 e. The maximum Gasteiger partial charge on any atom is 0.287 e. The molecule has 2 aromatic heterocycles. The Hall–Kier alpha value is -2.86. The largest absolute Gasteiger partial charge is 0.451 e. The molecule has 6 rings (SSSR count). The molecule has 3 fully saturated rings. The van der Waals surface area contributed by atoms with Gasteiger partial charge in [-0.3, -0.25) is 4.79 Å². The Morgan fingerprint density at radius 3 is 2.74 bits per heavy atom. The van der Waals surface area contributed by atoms with E-state index in [0.29, 0.717) is 23.3 Å². The van der Waals surface area contributed by atoms with E-state index in [9.17, 15) is 4.79 Å². The van der Waals surface area contributed by atoms with Crippen LogP contribution in [-0.4, -0.2) is 41.5 Å². The molecule has 6 heteroatoms. The van der Waals surface area contributed by atoms with Crippen molar-refractivity contribution >= 4 is 5.91 Å². The zero-order valence-electron chi connectivity index (χ0n) is 14.9. The summed E-state index contributed by atoms with van der Waals surface area (Å²) in [4.78, 5) is 19.2. The summed E-state index contributed by atoms with van der Waals surface area (Å²) < 4.78 is 11.2. The van der Waals surface area contributed by atoms with Crippen molar-refractivity contribution in [3.63, 3.8) is 0 Å². The lowest BCUT2D eigenvalue weighted by Gasteiger charge is -2.44. The number of carbonyl (C=O) groups excluding carboxylic acids is 1. The van der Waals surface area contributed by atoms with E-state index in [4.69, 9.17) is 8.83 Å². The van der Waals surface area contributed by atoms with Crippen molar-refractivity contribution in [2.75, 3.05) is 19.6 Å². The molecule has 3 saturated heterocycles. The molecule has 5 heterocycles. The van der Waals surface area contributed by atoms with Crippen LogP contribution < -0.4 is 5.32 Å². The third-order valence-corrected chi connectivity index (χ3v) is 5.63. The second-order valence-electron chi connectivity index (χ2n) is 7.30. The number of hydrogen-bond acceptors (Lipinski definition) is 5. The molecule has 1 amide bonds. The van der Waals surface area contributed by atoms with E-state index >= 15 is 0 Å². The van der Waals surface area contributed by atoms with Gasteiger partial charge in [0.05, 0.1) is 6.20 Å². The standard InChI is InChI=1S/C21H21N3O3/c25-20(23-17-13-24-9-6-14(17)7-10-24)19-5-4-18(27-19)15-2-1-3-16(12-15)21-22-8-11-26-21/h1-5,8,11-12,14,17H,6-7,9-10,13H2,(H,23,25)/t17-/m0/s1. The molecule has 6 nitrogen and oxygen atoms in total. The van der Waals surface area contributed by atoms with Crippen molar-refractivity contribution in [2.24, 2.45) is 5.92 Å². The fourth-order valence-corrected chi connectivity index (χ4v) is 4.15. The van der Waals surface area contributed by atoms with Gasteiger partial charge in [-0.15, -0.1) is 0 Å². The second-order valence-corrected chi connectivity index (χ2v) is 7.30. The lowest BCUT2D eigenvalue weighted by Crippen LogP contribution is -2.57. The average Bonchev–Trinajstić information content (AvgIpc) is 3.41. The molecule has 138 valence electrons. The van der Waals surface area contributed by atoms with Crippen molar-refractivity contribution in [3.8, 4) is 22.8 Å². The molecule has 0 spiro atoms. The highest BCUT2D eigenvalue weighted by Crippen LogP contribution is 2.29. The number of amides is 1. The molecule has 0 saturated carbocycles. The van der Waals surface area contributed by atoms with Gasteiger partial charge in [0.2, 0.25) is 5.89 Å². The summed E-state index contributed by atoms with van der Waals surface area (Å²) in [5.41, 5.74) is 1.75. The fraction of sp³-hybridized carbons (Fsp3) is 0.333. The van der Waals surface area contributed by atoms with Crippen molar-refractivity contribution in [2.45, 2.75) is 18.9 Å². The van der Waals surface area contributed by atoms with Gasteiger partial charge in [0.1, 0.15) is 12.0 Å². The first-order valence-corrected chi connectivity index (χ1v) is 9.39. The maximum atomic E-state index is 12.6. The molecule has 2 bridgehead atoms. The van der Waals surface area contributed by atoms with Gasteiger partial charge >= 0.3 is 0 Å². The summed E-state index contributed by atoms with van der Waals surface area (Å²) in [6.45, 7) is 3.26. The fourth-order valence-electron chi connectivity index (χ4n) is 4.15. The maximum absolute atomic E-state index is 12.6. The minimum absolute atomic E-state index is 0.135. The first kappa shape index (κ1) is 16.3. The zero-order valence-corrected chi connectivity index (χ0v) is 14.9. The monoisotopic (exact) mass is 363 g/mol. The molecule has 27 heavy (non-hydrogen) atoms. The van der Waals surface area contributed by atoms with Crippen molar-refractivity contribution in [1.29, 1.82) is 0 Å². The molecule has 3 aliphatic heterocycles. The summed E-state index contributed by atoms with van der Waals surface area (Å²) in [6.07, 6.45) is 5.50. The van der Waals surface area contributed by atoms with Crippen LogP contribution in [0.1, 0.15) is 23.4 Å². The molecule has 1 N–H and O–H groups in total. The molecule has 3 aliphatic rings. The average molecular weight is 363 g/mol. The van der Waals surface area contributed by atoms with Gasteiger partial charge in [0.25, 0.3) is 5.91 Å². The van der Waals surface area contributed by atoms with Crippen LogP contribution >= 0.6 is 0 Å². The lowest BCUT2D eigenvalue weighted by atomic mass is 9.84. The molecular weight excluding hydrogens is 342 g/mol. The lowest BCUT2D eigenvalue weighted by molar-refractivity contribution is 0.0606. The number of oxazole rings is 1. The Morgan fingerprint density at radius 2 is 2.00 bits per heavy atom. The summed E-state index contributed by atoms with van der Waals surface area (Å²) in [7, 11) is 0. The number of benzene rings is 1. The number of rotatable bonds is 4. The van der Waals surface area contributed by atoms with Gasteiger partial charge in [-0.05, 0) is 56.1 Å². The Kier molecular flexibility index (Phi) is 4.05. The van der Waals surface area contributed by atoms with Gasteiger partial charge in [-0.2, -0.15) is 0 Å². The number of nitrogens with zero attached hydrogens (tertiary/aromatic N) is 2. The van der Waals surface area contributed by atoms with Crippen molar-refractivity contribution in [1.82, 2.24) is 15.2 Å². The third kappa shape index (κ3) is 3.17. The summed E-state index contributed by atoms with van der Waals surface area (Å²) >= 11 is 0. The van der Waals surface area contributed by atoms with Gasteiger partial charge in [0, 0.05) is 23.7 Å². The van der Waals surface area contributed by atoms with Crippen molar-refractivity contribution in [3.05, 3.63) is 54.6 Å². The van der Waals surface area contributed by atoms with Crippen LogP contribution in [0, 0.1) is 5.92 Å². The Balaban J connectivity index is 1.32. The first-order chi connectivity index (χ1) is 13.3.